The highest BCUT2D eigenvalue weighted by Crippen LogP contribution is 2.28. The van der Waals surface area contributed by atoms with Crippen LogP contribution in [0.5, 0.6) is 0 Å². The first-order valence-electron chi connectivity index (χ1n) is 5.89. The number of carbonyl (C=O) groups is 1. The van der Waals surface area contributed by atoms with Crippen molar-refractivity contribution in [3.05, 3.63) is 35.8 Å². The molecule has 0 spiro atoms. The number of anilines is 1. The fourth-order valence-corrected chi connectivity index (χ4v) is 1.57. The minimum atomic E-state index is -4.57. The molecule has 0 saturated heterocycles. The van der Waals surface area contributed by atoms with Gasteiger partial charge >= 0.3 is 12.1 Å². The summed E-state index contributed by atoms with van der Waals surface area (Å²) >= 11 is 0. The van der Waals surface area contributed by atoms with E-state index in [-0.39, 0.29) is 23.8 Å². The van der Waals surface area contributed by atoms with Crippen LogP contribution >= 0.6 is 0 Å². The highest BCUT2D eigenvalue weighted by molar-refractivity contribution is 5.92. The molecule has 0 fully saturated rings. The van der Waals surface area contributed by atoms with Gasteiger partial charge in [-0.3, -0.25) is 0 Å². The smallest absolute Gasteiger partial charge is 0.433 e. The number of alkyl halides is 3. The Morgan fingerprint density at radius 3 is 2.76 bits per heavy atom. The number of pyridine rings is 1. The summed E-state index contributed by atoms with van der Waals surface area (Å²) in [6.07, 6.45) is -3.37. The van der Waals surface area contributed by atoms with Gasteiger partial charge in [0.05, 0.1) is 18.5 Å². The molecule has 0 radical (unpaired) electrons. The predicted octanol–water partition coefficient (Wildman–Crippen LogP) is 2.04. The number of ether oxygens (including phenoxy) is 1. The van der Waals surface area contributed by atoms with Crippen LogP contribution in [0.2, 0.25) is 0 Å². The second-order valence-electron chi connectivity index (χ2n) is 3.98. The Labute approximate surface area is 117 Å². The highest BCUT2D eigenvalue weighted by atomic mass is 19.4. The number of hydrogen-bond donors (Lipinski definition) is 1. The summed E-state index contributed by atoms with van der Waals surface area (Å²) in [4.78, 5) is 15.0. The average Bonchev–Trinajstić information content (AvgIpc) is 2.80. The molecule has 2 aromatic heterocycles. The van der Waals surface area contributed by atoms with Crippen LogP contribution in [0.1, 0.15) is 23.1 Å². The minimum Gasteiger partial charge on any atom is -0.461 e. The summed E-state index contributed by atoms with van der Waals surface area (Å²) in [6.45, 7) is 1.74. The quantitative estimate of drug-likeness (QED) is 0.877. The number of nitrogens with two attached hydrogens (primary N) is 1. The minimum absolute atomic E-state index is 0.00679. The van der Waals surface area contributed by atoms with E-state index in [0.29, 0.717) is 0 Å². The van der Waals surface area contributed by atoms with Crippen molar-refractivity contribution in [1.82, 2.24) is 14.8 Å². The second-order valence-corrected chi connectivity index (χ2v) is 3.98. The van der Waals surface area contributed by atoms with Crippen molar-refractivity contribution < 1.29 is 22.7 Å². The lowest BCUT2D eigenvalue weighted by atomic mass is 10.3. The molecule has 2 aromatic rings. The van der Waals surface area contributed by atoms with Crippen LogP contribution in [0.25, 0.3) is 5.82 Å². The van der Waals surface area contributed by atoms with Gasteiger partial charge in [-0.25, -0.2) is 14.5 Å². The molecular formula is C12H11F3N4O2. The first-order chi connectivity index (χ1) is 9.82. The van der Waals surface area contributed by atoms with Gasteiger partial charge in [-0.2, -0.15) is 18.3 Å². The van der Waals surface area contributed by atoms with Crippen LogP contribution in [-0.4, -0.2) is 27.3 Å². The molecule has 21 heavy (non-hydrogen) atoms. The Balaban J connectivity index is 2.40. The summed E-state index contributed by atoms with van der Waals surface area (Å²) in [7, 11) is 0. The van der Waals surface area contributed by atoms with Gasteiger partial charge in [0.1, 0.15) is 5.69 Å². The summed E-state index contributed by atoms with van der Waals surface area (Å²) in [5, 5.41) is 3.81. The number of aromatic nitrogens is 3. The fourth-order valence-electron chi connectivity index (χ4n) is 1.57. The van der Waals surface area contributed by atoms with Gasteiger partial charge in [-0.1, -0.05) is 6.07 Å². The standard InChI is InChI=1S/C12H11F3N4O2/c1-2-21-11(20)10-7(16)6-19(18-10)9-5-3-4-8(17-9)12(13,14)15/h3-6H,2,16H2,1H3. The molecular weight excluding hydrogens is 289 g/mol. The summed E-state index contributed by atoms with van der Waals surface area (Å²) in [6, 6.07) is 3.34. The van der Waals surface area contributed by atoms with E-state index in [1.807, 2.05) is 0 Å². The van der Waals surface area contributed by atoms with Crippen molar-refractivity contribution in [3.63, 3.8) is 0 Å². The van der Waals surface area contributed by atoms with Crippen LogP contribution < -0.4 is 5.73 Å². The van der Waals surface area contributed by atoms with Crippen molar-refractivity contribution in [2.75, 3.05) is 12.3 Å². The molecule has 0 unspecified atom stereocenters. The molecule has 0 aliphatic heterocycles. The van der Waals surface area contributed by atoms with Crippen molar-refractivity contribution in [3.8, 4) is 5.82 Å². The molecule has 112 valence electrons. The fraction of sp³-hybridized carbons (Fsp3) is 0.250. The SMILES string of the molecule is CCOC(=O)c1nn(-c2cccc(C(F)(F)F)n2)cc1N. The molecule has 2 rings (SSSR count). The van der Waals surface area contributed by atoms with Crippen molar-refractivity contribution in [2.24, 2.45) is 0 Å². The van der Waals surface area contributed by atoms with Gasteiger partial charge in [-0.05, 0) is 19.1 Å². The van der Waals surface area contributed by atoms with E-state index in [1.54, 1.807) is 6.92 Å². The highest BCUT2D eigenvalue weighted by Gasteiger charge is 2.32. The van der Waals surface area contributed by atoms with Crippen molar-refractivity contribution in [2.45, 2.75) is 13.1 Å². The van der Waals surface area contributed by atoms with Gasteiger partial charge in [0.2, 0.25) is 0 Å². The lowest BCUT2D eigenvalue weighted by Gasteiger charge is -2.07. The van der Waals surface area contributed by atoms with Crippen LogP contribution in [0.4, 0.5) is 18.9 Å². The number of hydrogen-bond acceptors (Lipinski definition) is 5. The van der Waals surface area contributed by atoms with Gasteiger partial charge in [0.25, 0.3) is 0 Å². The van der Waals surface area contributed by atoms with Gasteiger partial charge in [-0.15, -0.1) is 0 Å². The number of nitrogens with zero attached hydrogens (tertiary/aromatic N) is 3. The normalized spacial score (nSPS) is 11.4. The summed E-state index contributed by atoms with van der Waals surface area (Å²) < 4.78 is 43.6. The largest absolute Gasteiger partial charge is 0.461 e. The molecule has 6 nitrogen and oxygen atoms in total. The summed E-state index contributed by atoms with van der Waals surface area (Å²) in [5.41, 5.74) is 4.36. The van der Waals surface area contributed by atoms with E-state index in [9.17, 15) is 18.0 Å². The Morgan fingerprint density at radius 2 is 2.14 bits per heavy atom. The summed E-state index contributed by atoms with van der Waals surface area (Å²) in [5.74, 6) is -0.854. The molecule has 0 saturated carbocycles. The lowest BCUT2D eigenvalue weighted by molar-refractivity contribution is -0.141. The number of nitrogen functional groups attached to an aromatic ring is 1. The van der Waals surface area contributed by atoms with Gasteiger partial charge in [0.15, 0.2) is 11.5 Å². The molecule has 0 aliphatic carbocycles. The third-order valence-corrected chi connectivity index (χ3v) is 2.47. The maximum atomic E-state index is 12.6. The zero-order valence-corrected chi connectivity index (χ0v) is 10.9. The van der Waals surface area contributed by atoms with Gasteiger partial charge in [0, 0.05) is 0 Å². The molecule has 9 heteroatoms. The molecule has 0 bridgehead atoms. The third-order valence-electron chi connectivity index (χ3n) is 2.47. The number of carbonyl (C=O) groups excluding carboxylic acids is 1. The zero-order valence-electron chi connectivity index (χ0n) is 10.9. The second kappa shape index (κ2) is 5.43. The molecule has 0 aromatic carbocycles. The Morgan fingerprint density at radius 1 is 1.43 bits per heavy atom. The van der Waals surface area contributed by atoms with Crippen molar-refractivity contribution >= 4 is 11.7 Å². The van der Waals surface area contributed by atoms with Crippen LogP contribution in [0.3, 0.4) is 0 Å². The van der Waals surface area contributed by atoms with Crippen LogP contribution in [0.15, 0.2) is 24.4 Å². The van der Waals surface area contributed by atoms with Gasteiger partial charge < -0.3 is 10.5 Å². The van der Waals surface area contributed by atoms with E-state index in [4.69, 9.17) is 10.5 Å². The Hall–Kier alpha value is -2.58. The Kier molecular flexibility index (Phi) is 3.83. The monoisotopic (exact) mass is 300 g/mol. The van der Waals surface area contributed by atoms with Crippen molar-refractivity contribution in [1.29, 1.82) is 0 Å². The maximum Gasteiger partial charge on any atom is 0.433 e. The van der Waals surface area contributed by atoms with Crippen LogP contribution in [-0.2, 0) is 10.9 Å². The average molecular weight is 300 g/mol. The Bertz CT molecular complexity index is 667. The third kappa shape index (κ3) is 3.12. The number of esters is 1. The first-order valence-corrected chi connectivity index (χ1v) is 5.89. The molecule has 2 N–H and O–H groups in total. The molecule has 0 amide bonds. The molecule has 0 aliphatic rings. The topological polar surface area (TPSA) is 83.0 Å². The van der Waals surface area contributed by atoms with Crippen LogP contribution in [0, 0.1) is 0 Å². The number of halogens is 3. The van der Waals surface area contributed by atoms with E-state index in [1.165, 1.54) is 18.3 Å². The lowest BCUT2D eigenvalue weighted by Crippen LogP contribution is -2.11. The van der Waals surface area contributed by atoms with E-state index in [0.717, 1.165) is 10.7 Å². The molecule has 2 heterocycles. The number of rotatable bonds is 3. The van der Waals surface area contributed by atoms with E-state index < -0.39 is 17.8 Å². The molecule has 0 atom stereocenters. The van der Waals surface area contributed by atoms with E-state index in [2.05, 4.69) is 10.1 Å². The zero-order chi connectivity index (χ0) is 15.6. The predicted molar refractivity (Wildman–Crippen MR) is 66.7 cm³/mol. The van der Waals surface area contributed by atoms with E-state index >= 15 is 0 Å². The first kappa shape index (κ1) is 14.8. The maximum absolute atomic E-state index is 12.6.